The highest BCUT2D eigenvalue weighted by atomic mass is 16.5. The zero-order chi connectivity index (χ0) is 18.1. The van der Waals surface area contributed by atoms with Gasteiger partial charge in [-0.3, -0.25) is 14.8 Å². The number of aliphatic hydroxyl groups excluding tert-OH is 1. The van der Waals surface area contributed by atoms with Crippen molar-refractivity contribution in [2.45, 2.75) is 32.0 Å². The van der Waals surface area contributed by atoms with Gasteiger partial charge < -0.3 is 16.2 Å². The minimum absolute atomic E-state index is 0.312. The van der Waals surface area contributed by atoms with Crippen LogP contribution < -0.4 is 16.5 Å². The molecule has 7 nitrogen and oxygen atoms in total. The quantitative estimate of drug-likeness (QED) is 0.286. The van der Waals surface area contributed by atoms with Crippen molar-refractivity contribution in [2.75, 3.05) is 0 Å². The van der Waals surface area contributed by atoms with Crippen molar-refractivity contribution in [1.82, 2.24) is 10.8 Å². The van der Waals surface area contributed by atoms with E-state index in [0.29, 0.717) is 11.1 Å². The molecule has 1 rings (SSSR count). The first-order chi connectivity index (χ1) is 11.3. The Morgan fingerprint density at radius 2 is 1.79 bits per heavy atom. The predicted molar refractivity (Wildman–Crippen MR) is 87.6 cm³/mol. The van der Waals surface area contributed by atoms with Crippen molar-refractivity contribution < 1.29 is 19.9 Å². The van der Waals surface area contributed by atoms with Crippen LogP contribution in [0.25, 0.3) is 0 Å². The normalized spacial score (nSPS) is 13.2. The van der Waals surface area contributed by atoms with E-state index in [2.05, 4.69) is 29.0 Å². The van der Waals surface area contributed by atoms with Crippen molar-refractivity contribution in [3.63, 3.8) is 0 Å². The van der Waals surface area contributed by atoms with Crippen LogP contribution in [0, 0.1) is 23.7 Å². The van der Waals surface area contributed by atoms with Gasteiger partial charge in [0, 0.05) is 17.2 Å². The van der Waals surface area contributed by atoms with Gasteiger partial charge in [0.15, 0.2) is 0 Å². The number of aliphatic hydroxyl groups is 1. The molecule has 0 aliphatic carbocycles. The van der Waals surface area contributed by atoms with E-state index in [-0.39, 0.29) is 0 Å². The van der Waals surface area contributed by atoms with Crippen LogP contribution in [0.15, 0.2) is 24.3 Å². The van der Waals surface area contributed by atoms with E-state index < -0.39 is 30.0 Å². The Hall–Kier alpha value is -2.84. The fraction of sp³-hybridized carbons (Fsp3) is 0.294. The van der Waals surface area contributed by atoms with Crippen LogP contribution in [0.2, 0.25) is 0 Å². The number of hydrogen-bond donors (Lipinski definition) is 5. The summed E-state index contributed by atoms with van der Waals surface area (Å²) in [7, 11) is 0. The Balaban J connectivity index is 2.80. The van der Waals surface area contributed by atoms with Crippen LogP contribution >= 0.6 is 0 Å². The first-order valence-corrected chi connectivity index (χ1v) is 7.15. The summed E-state index contributed by atoms with van der Waals surface area (Å²) in [6.45, 7) is 3.07. The van der Waals surface area contributed by atoms with E-state index in [9.17, 15) is 9.59 Å². The van der Waals surface area contributed by atoms with Crippen LogP contribution in [-0.2, 0) is 4.79 Å². The van der Waals surface area contributed by atoms with Gasteiger partial charge in [-0.1, -0.05) is 11.8 Å². The molecule has 0 radical (unpaired) electrons. The topological polar surface area (TPSA) is 125 Å². The molecule has 7 heteroatoms. The van der Waals surface area contributed by atoms with Crippen LogP contribution in [-0.4, -0.2) is 40.3 Å². The smallest absolute Gasteiger partial charge is 0.267 e. The lowest BCUT2D eigenvalue weighted by Crippen LogP contribution is -2.54. The molecule has 6 N–H and O–H groups in total. The molecule has 0 saturated heterocycles. The van der Waals surface area contributed by atoms with Gasteiger partial charge in [0.05, 0.1) is 0 Å². The van der Waals surface area contributed by atoms with Crippen molar-refractivity contribution in [3.8, 4) is 23.7 Å². The molecule has 1 aromatic rings. The molecule has 2 unspecified atom stereocenters. The zero-order valence-electron chi connectivity index (χ0n) is 13.3. The number of carbonyl (C=O) groups is 2. The fourth-order valence-electron chi connectivity index (χ4n) is 1.68. The Labute approximate surface area is 140 Å². The third-order valence-corrected chi connectivity index (χ3v) is 2.90. The van der Waals surface area contributed by atoms with Gasteiger partial charge in [-0.05, 0) is 50.0 Å². The highest BCUT2D eigenvalue weighted by molar-refractivity contribution is 5.97. The Bertz CT molecular complexity index is 703. The molecule has 2 amide bonds. The fourth-order valence-corrected chi connectivity index (χ4v) is 1.68. The van der Waals surface area contributed by atoms with Crippen LogP contribution in [0.4, 0.5) is 0 Å². The van der Waals surface area contributed by atoms with Gasteiger partial charge in [0.25, 0.3) is 11.8 Å². The summed E-state index contributed by atoms with van der Waals surface area (Å²) >= 11 is 0. The van der Waals surface area contributed by atoms with Crippen molar-refractivity contribution in [3.05, 3.63) is 35.4 Å². The summed E-state index contributed by atoms with van der Waals surface area (Å²) in [5, 5.41) is 20.1. The largest absolute Gasteiger partial charge is 0.381 e. The lowest BCUT2D eigenvalue weighted by Gasteiger charge is -2.19. The summed E-state index contributed by atoms with van der Waals surface area (Å²) in [5.74, 6) is 9.05. The highest BCUT2D eigenvalue weighted by Crippen LogP contribution is 2.04. The van der Waals surface area contributed by atoms with Crippen LogP contribution in [0.1, 0.15) is 29.8 Å². The number of nitrogens with one attached hydrogen (secondary N) is 2. The van der Waals surface area contributed by atoms with Gasteiger partial charge >= 0.3 is 0 Å². The van der Waals surface area contributed by atoms with Crippen LogP contribution in [0.3, 0.4) is 0 Å². The average Bonchev–Trinajstić information content (AvgIpc) is 2.55. The van der Waals surface area contributed by atoms with Gasteiger partial charge in [-0.15, -0.1) is 0 Å². The van der Waals surface area contributed by atoms with Gasteiger partial charge in [0.1, 0.15) is 12.1 Å². The van der Waals surface area contributed by atoms with E-state index >= 15 is 0 Å². The maximum atomic E-state index is 12.1. The molecule has 0 fully saturated rings. The number of amides is 2. The summed E-state index contributed by atoms with van der Waals surface area (Å²) in [6.07, 6.45) is -0.737. The maximum Gasteiger partial charge on any atom is 0.267 e. The van der Waals surface area contributed by atoms with Crippen molar-refractivity contribution >= 4 is 11.8 Å². The molecule has 0 aromatic heterocycles. The summed E-state index contributed by atoms with van der Waals surface area (Å²) < 4.78 is 0. The minimum Gasteiger partial charge on any atom is -0.381 e. The summed E-state index contributed by atoms with van der Waals surface area (Å²) in [6, 6.07) is 4.59. The second-order valence-electron chi connectivity index (χ2n) is 5.06. The zero-order valence-corrected chi connectivity index (χ0v) is 13.3. The van der Waals surface area contributed by atoms with E-state index in [1.807, 2.05) is 0 Å². The molecule has 0 heterocycles. The van der Waals surface area contributed by atoms with Crippen molar-refractivity contribution in [2.24, 2.45) is 5.73 Å². The molecular formula is C17H19N3O4. The molecule has 0 aliphatic rings. The Kier molecular flexibility index (Phi) is 7.47. The first kappa shape index (κ1) is 19.2. The van der Waals surface area contributed by atoms with E-state index in [1.54, 1.807) is 12.1 Å². The van der Waals surface area contributed by atoms with Crippen molar-refractivity contribution in [1.29, 1.82) is 0 Å². The molecule has 0 saturated carbocycles. The average molecular weight is 329 g/mol. The number of carbonyl (C=O) groups excluding carboxylic acids is 2. The number of hydroxylamine groups is 1. The van der Waals surface area contributed by atoms with Gasteiger partial charge in [0.2, 0.25) is 0 Å². The lowest BCUT2D eigenvalue weighted by atomic mass is 10.1. The number of nitrogens with two attached hydrogens (primary N) is 1. The van der Waals surface area contributed by atoms with Crippen LogP contribution in [0.5, 0.6) is 0 Å². The molecule has 24 heavy (non-hydrogen) atoms. The van der Waals surface area contributed by atoms with E-state index in [4.69, 9.17) is 16.0 Å². The van der Waals surface area contributed by atoms with E-state index in [1.165, 1.54) is 31.5 Å². The van der Waals surface area contributed by atoms with Gasteiger partial charge in [-0.25, -0.2) is 5.48 Å². The lowest BCUT2D eigenvalue weighted by molar-refractivity contribution is -0.131. The monoisotopic (exact) mass is 329 g/mol. The first-order valence-electron chi connectivity index (χ1n) is 7.15. The molecule has 1 aromatic carbocycles. The number of benzene rings is 1. The molecule has 0 spiro atoms. The Morgan fingerprint density at radius 3 is 2.29 bits per heavy atom. The molecule has 126 valence electrons. The summed E-state index contributed by atoms with van der Waals surface area (Å²) in [4.78, 5) is 23.6. The SMILES string of the molecule is CC(N)C(NC(=O)c1ccc(C#CC#C[C@H](C)O)cc1)C(=O)NO. The standard InChI is InChI=1S/C17H19N3O4/c1-11(21)5-3-4-6-13-7-9-14(10-8-13)16(22)19-15(12(2)18)17(23)20-24/h7-12,15,21,24H,18H2,1-2H3,(H,19,22)(H,20,23)/t11-,12?,15?/m0/s1. The summed E-state index contributed by atoms with van der Waals surface area (Å²) in [5.41, 5.74) is 8.04. The van der Waals surface area contributed by atoms with E-state index in [0.717, 1.165) is 0 Å². The predicted octanol–water partition coefficient (Wildman–Crippen LogP) is -0.627. The third kappa shape index (κ3) is 6.11. The van der Waals surface area contributed by atoms with Gasteiger partial charge in [-0.2, -0.15) is 0 Å². The number of rotatable bonds is 4. The third-order valence-electron chi connectivity index (χ3n) is 2.90. The molecule has 0 bridgehead atoms. The Morgan fingerprint density at radius 1 is 1.17 bits per heavy atom. The highest BCUT2D eigenvalue weighted by Gasteiger charge is 2.24. The second kappa shape index (κ2) is 9.33. The molecule has 0 aliphatic heterocycles. The minimum atomic E-state index is -1.06. The number of hydrogen-bond acceptors (Lipinski definition) is 5. The second-order valence-corrected chi connectivity index (χ2v) is 5.06. The maximum absolute atomic E-state index is 12.1. The molecular weight excluding hydrogens is 310 g/mol. The molecule has 3 atom stereocenters.